The average molecular weight is 498 g/mol. The number of amides is 1. The van der Waals surface area contributed by atoms with Gasteiger partial charge < -0.3 is 29.0 Å². The summed E-state index contributed by atoms with van der Waals surface area (Å²) in [6.07, 6.45) is 0. The minimum absolute atomic E-state index is 0.0216. The van der Waals surface area contributed by atoms with Crippen molar-refractivity contribution in [2.45, 2.75) is 39.2 Å². The zero-order valence-corrected chi connectivity index (χ0v) is 22.0. The molecule has 36 heavy (non-hydrogen) atoms. The van der Waals surface area contributed by atoms with Gasteiger partial charge in [0.1, 0.15) is 11.5 Å². The fourth-order valence-electron chi connectivity index (χ4n) is 4.28. The van der Waals surface area contributed by atoms with E-state index in [0.717, 1.165) is 5.56 Å². The molecule has 0 spiro atoms. The Kier molecular flexibility index (Phi) is 8.30. The van der Waals surface area contributed by atoms with E-state index >= 15 is 0 Å². The van der Waals surface area contributed by atoms with Crippen molar-refractivity contribution in [3.8, 4) is 17.2 Å². The zero-order chi connectivity index (χ0) is 26.6. The van der Waals surface area contributed by atoms with E-state index in [0.29, 0.717) is 35.0 Å². The van der Waals surface area contributed by atoms with Crippen LogP contribution in [0.25, 0.3) is 5.76 Å². The highest BCUT2D eigenvalue weighted by atomic mass is 16.5. The van der Waals surface area contributed by atoms with Gasteiger partial charge in [-0.3, -0.25) is 9.59 Å². The van der Waals surface area contributed by atoms with E-state index < -0.39 is 17.7 Å². The Morgan fingerprint density at radius 3 is 2.22 bits per heavy atom. The van der Waals surface area contributed by atoms with E-state index in [4.69, 9.17) is 18.9 Å². The molecule has 0 saturated carbocycles. The summed E-state index contributed by atoms with van der Waals surface area (Å²) in [6.45, 7) is 8.85. The lowest BCUT2D eigenvalue weighted by atomic mass is 9.85. The van der Waals surface area contributed by atoms with E-state index in [2.05, 4.69) is 20.8 Å². The molecule has 1 amide bonds. The van der Waals surface area contributed by atoms with Crippen LogP contribution in [0.2, 0.25) is 0 Å². The molecule has 3 rings (SSSR count). The lowest BCUT2D eigenvalue weighted by Crippen LogP contribution is -2.32. The molecule has 0 aromatic heterocycles. The summed E-state index contributed by atoms with van der Waals surface area (Å²) in [5.41, 5.74) is 1.65. The van der Waals surface area contributed by atoms with Crippen molar-refractivity contribution >= 4 is 17.4 Å². The number of likely N-dealkylation sites (tertiary alicyclic amines) is 1. The summed E-state index contributed by atoms with van der Waals surface area (Å²) in [6, 6.07) is 9.83. The quantitative estimate of drug-likeness (QED) is 0.310. The maximum Gasteiger partial charge on any atom is 0.295 e. The first-order valence-corrected chi connectivity index (χ1v) is 11.9. The van der Waals surface area contributed by atoms with Crippen LogP contribution >= 0.6 is 0 Å². The second kappa shape index (κ2) is 11.0. The minimum Gasteiger partial charge on any atom is -0.507 e. The number of aliphatic hydroxyl groups excluding tert-OH is 1. The zero-order valence-electron chi connectivity index (χ0n) is 22.0. The molecule has 1 saturated heterocycles. The van der Waals surface area contributed by atoms with Crippen molar-refractivity contribution < 1.29 is 33.6 Å². The maximum absolute atomic E-state index is 13.3. The van der Waals surface area contributed by atoms with Crippen LogP contribution in [-0.4, -0.2) is 62.8 Å². The molecule has 1 unspecified atom stereocenters. The predicted molar refractivity (Wildman–Crippen MR) is 137 cm³/mol. The summed E-state index contributed by atoms with van der Waals surface area (Å²) in [7, 11) is 4.54. The molecule has 1 aliphatic rings. The van der Waals surface area contributed by atoms with Crippen molar-refractivity contribution in [1.29, 1.82) is 0 Å². The van der Waals surface area contributed by atoms with Crippen molar-refractivity contribution in [3.05, 3.63) is 58.7 Å². The number of hydrogen-bond acceptors (Lipinski definition) is 7. The molecule has 1 atom stereocenters. The van der Waals surface area contributed by atoms with Crippen LogP contribution in [0.15, 0.2) is 42.0 Å². The molecule has 194 valence electrons. The smallest absolute Gasteiger partial charge is 0.295 e. The number of carbonyl (C=O) groups is 2. The fourth-order valence-corrected chi connectivity index (χ4v) is 4.28. The highest BCUT2D eigenvalue weighted by Gasteiger charge is 2.46. The highest BCUT2D eigenvalue weighted by molar-refractivity contribution is 6.46. The van der Waals surface area contributed by atoms with Crippen LogP contribution in [0, 0.1) is 0 Å². The number of benzene rings is 2. The molecule has 1 N–H and O–H groups in total. The Balaban J connectivity index is 2.27. The van der Waals surface area contributed by atoms with Gasteiger partial charge in [-0.05, 0) is 47.7 Å². The largest absolute Gasteiger partial charge is 0.507 e. The normalized spacial score (nSPS) is 17.4. The first kappa shape index (κ1) is 27.1. The third kappa shape index (κ3) is 5.18. The monoisotopic (exact) mass is 497 g/mol. The third-order valence-corrected chi connectivity index (χ3v) is 6.20. The summed E-state index contributed by atoms with van der Waals surface area (Å²) in [5.74, 6) is -0.390. The molecule has 2 aromatic carbocycles. The number of ether oxygens (including phenoxy) is 4. The number of aliphatic hydroxyl groups is 1. The van der Waals surface area contributed by atoms with Gasteiger partial charge in [-0.15, -0.1) is 0 Å². The van der Waals surface area contributed by atoms with Crippen LogP contribution in [-0.2, 0) is 19.7 Å². The van der Waals surface area contributed by atoms with E-state index in [1.54, 1.807) is 30.3 Å². The van der Waals surface area contributed by atoms with Gasteiger partial charge in [0, 0.05) is 13.7 Å². The Hall–Kier alpha value is -3.52. The molecule has 1 aliphatic heterocycles. The second-order valence-corrected chi connectivity index (χ2v) is 9.49. The SMILES string of the molecule is CCOc1ccc(C2/C(=C(\O)c3cc(C(C)(C)C)ccc3OC)C(=O)C(=O)N2CCOC)cc1OC. The number of nitrogens with zero attached hydrogens (tertiary/aromatic N) is 1. The Morgan fingerprint density at radius 1 is 0.972 bits per heavy atom. The number of hydrogen-bond donors (Lipinski definition) is 1. The summed E-state index contributed by atoms with van der Waals surface area (Å²) in [4.78, 5) is 27.9. The third-order valence-electron chi connectivity index (χ3n) is 6.20. The molecule has 2 aromatic rings. The van der Waals surface area contributed by atoms with Gasteiger partial charge in [-0.25, -0.2) is 0 Å². The molecular formula is C28H35NO7. The van der Waals surface area contributed by atoms with Gasteiger partial charge in [0.2, 0.25) is 0 Å². The molecule has 8 nitrogen and oxygen atoms in total. The van der Waals surface area contributed by atoms with Crippen LogP contribution in [0.5, 0.6) is 17.2 Å². The predicted octanol–water partition coefficient (Wildman–Crippen LogP) is 4.47. The number of rotatable bonds is 9. The fraction of sp³-hybridized carbons (Fsp3) is 0.429. The Bertz CT molecular complexity index is 1160. The molecule has 0 aliphatic carbocycles. The van der Waals surface area contributed by atoms with Crippen LogP contribution in [0.3, 0.4) is 0 Å². The second-order valence-electron chi connectivity index (χ2n) is 9.49. The average Bonchev–Trinajstić information content (AvgIpc) is 3.11. The van der Waals surface area contributed by atoms with E-state index in [1.807, 2.05) is 13.0 Å². The molecular weight excluding hydrogens is 462 g/mol. The van der Waals surface area contributed by atoms with Gasteiger partial charge in [-0.2, -0.15) is 0 Å². The maximum atomic E-state index is 13.3. The van der Waals surface area contributed by atoms with Gasteiger partial charge >= 0.3 is 0 Å². The first-order chi connectivity index (χ1) is 17.1. The topological polar surface area (TPSA) is 94.5 Å². The lowest BCUT2D eigenvalue weighted by Gasteiger charge is -2.26. The van der Waals surface area contributed by atoms with Crippen molar-refractivity contribution in [1.82, 2.24) is 4.90 Å². The molecule has 0 radical (unpaired) electrons. The number of Topliss-reactive ketones (excluding diaryl/α,β-unsaturated/α-hetero) is 1. The van der Waals surface area contributed by atoms with Crippen LogP contribution < -0.4 is 14.2 Å². The van der Waals surface area contributed by atoms with Crippen LogP contribution in [0.1, 0.15) is 50.4 Å². The summed E-state index contributed by atoms with van der Waals surface area (Å²) >= 11 is 0. The van der Waals surface area contributed by atoms with Gasteiger partial charge in [0.05, 0.1) is 44.6 Å². The van der Waals surface area contributed by atoms with Gasteiger partial charge in [-0.1, -0.05) is 32.9 Å². The highest BCUT2D eigenvalue weighted by Crippen LogP contribution is 2.43. The van der Waals surface area contributed by atoms with E-state index in [1.165, 1.54) is 26.2 Å². The lowest BCUT2D eigenvalue weighted by molar-refractivity contribution is -0.140. The molecule has 1 heterocycles. The van der Waals surface area contributed by atoms with Gasteiger partial charge in [0.25, 0.3) is 11.7 Å². The standard InChI is InChI=1S/C28H35NO7/c1-8-36-21-11-9-17(15-22(21)35-7)24-23(26(31)27(32)29(24)13-14-33-5)25(30)19-16-18(28(2,3)4)10-12-20(19)34-6/h9-12,15-16,24,30H,8,13-14H2,1-7H3/b25-23+. The Labute approximate surface area is 212 Å². The molecule has 8 heteroatoms. The minimum atomic E-state index is -0.854. The first-order valence-electron chi connectivity index (χ1n) is 11.9. The molecule has 1 fully saturated rings. The number of methoxy groups -OCH3 is 3. The summed E-state index contributed by atoms with van der Waals surface area (Å²) < 4.78 is 21.8. The number of ketones is 1. The van der Waals surface area contributed by atoms with Crippen molar-refractivity contribution in [2.75, 3.05) is 41.1 Å². The van der Waals surface area contributed by atoms with E-state index in [-0.39, 0.29) is 29.9 Å². The Morgan fingerprint density at radius 2 is 1.64 bits per heavy atom. The van der Waals surface area contributed by atoms with E-state index in [9.17, 15) is 14.7 Å². The van der Waals surface area contributed by atoms with Crippen LogP contribution in [0.4, 0.5) is 0 Å². The van der Waals surface area contributed by atoms with Gasteiger partial charge in [0.15, 0.2) is 11.5 Å². The van der Waals surface area contributed by atoms with Crippen molar-refractivity contribution in [3.63, 3.8) is 0 Å². The number of carbonyl (C=O) groups excluding carboxylic acids is 2. The van der Waals surface area contributed by atoms with Crippen molar-refractivity contribution in [2.24, 2.45) is 0 Å². The molecule has 0 bridgehead atoms. The summed E-state index contributed by atoms with van der Waals surface area (Å²) in [5, 5.41) is 11.6.